The molecule has 0 spiro atoms. The number of carbonyl (C=O) groups excluding carboxylic acids is 2. The first-order chi connectivity index (χ1) is 8.54. The third-order valence-electron chi connectivity index (χ3n) is 2.92. The van der Waals surface area contributed by atoms with Crippen LogP contribution in [-0.2, 0) is 14.3 Å². The Hall–Kier alpha value is -1.64. The molecule has 0 unspecified atom stereocenters. The van der Waals surface area contributed by atoms with Gasteiger partial charge >= 0.3 is 5.97 Å². The number of hydrogen-bond acceptors (Lipinski definition) is 3. The minimum atomic E-state index is -0.436. The molecule has 1 aliphatic rings. The van der Waals surface area contributed by atoms with Gasteiger partial charge in [-0.05, 0) is 38.3 Å². The Labute approximate surface area is 108 Å². The van der Waals surface area contributed by atoms with E-state index in [0.29, 0.717) is 13.0 Å². The fourth-order valence-electron chi connectivity index (χ4n) is 1.94. The molecule has 1 aliphatic carbocycles. The van der Waals surface area contributed by atoms with Gasteiger partial charge in [0.2, 0.25) is 0 Å². The summed E-state index contributed by atoms with van der Waals surface area (Å²) in [6.07, 6.45) is 7.11. The van der Waals surface area contributed by atoms with Crippen molar-refractivity contribution in [2.24, 2.45) is 0 Å². The maximum atomic E-state index is 11.8. The Morgan fingerprint density at radius 1 is 1.33 bits per heavy atom. The lowest BCUT2D eigenvalue weighted by Crippen LogP contribution is -2.12. The van der Waals surface area contributed by atoms with E-state index in [9.17, 15) is 9.59 Å². The van der Waals surface area contributed by atoms with Gasteiger partial charge < -0.3 is 4.74 Å². The predicted molar refractivity (Wildman–Crippen MR) is 71.1 cm³/mol. The van der Waals surface area contributed by atoms with Crippen molar-refractivity contribution in [3.63, 3.8) is 0 Å². The zero-order valence-electron chi connectivity index (χ0n) is 11.3. The second-order valence-corrected chi connectivity index (χ2v) is 4.44. The highest BCUT2D eigenvalue weighted by molar-refractivity contribution is 5.97. The molecule has 0 aromatic heterocycles. The molecule has 3 nitrogen and oxygen atoms in total. The third kappa shape index (κ3) is 4.32. The SMILES string of the molecule is CCOC(=O)CC(=O)CC1=C(C)CC=CC=C1C. The van der Waals surface area contributed by atoms with Crippen molar-refractivity contribution < 1.29 is 14.3 Å². The molecule has 0 aromatic carbocycles. The van der Waals surface area contributed by atoms with Gasteiger partial charge in [-0.3, -0.25) is 9.59 Å². The number of rotatable bonds is 5. The highest BCUT2D eigenvalue weighted by Crippen LogP contribution is 2.24. The van der Waals surface area contributed by atoms with Crippen molar-refractivity contribution >= 4 is 11.8 Å². The summed E-state index contributed by atoms with van der Waals surface area (Å²) in [7, 11) is 0. The maximum Gasteiger partial charge on any atom is 0.313 e. The van der Waals surface area contributed by atoms with Gasteiger partial charge in [0.05, 0.1) is 6.61 Å². The molecule has 0 amide bonds. The van der Waals surface area contributed by atoms with Crippen LogP contribution in [0.15, 0.2) is 34.9 Å². The largest absolute Gasteiger partial charge is 0.466 e. The lowest BCUT2D eigenvalue weighted by Gasteiger charge is -2.10. The molecule has 1 rings (SSSR count). The molecule has 0 heterocycles. The van der Waals surface area contributed by atoms with Crippen LogP contribution in [0.3, 0.4) is 0 Å². The highest BCUT2D eigenvalue weighted by Gasteiger charge is 2.15. The monoisotopic (exact) mass is 248 g/mol. The van der Waals surface area contributed by atoms with Gasteiger partial charge in [0.15, 0.2) is 0 Å². The van der Waals surface area contributed by atoms with Crippen molar-refractivity contribution in [2.45, 2.75) is 40.0 Å². The fraction of sp³-hybridized carbons (Fsp3) is 0.467. The lowest BCUT2D eigenvalue weighted by atomic mass is 9.95. The molecule has 0 aromatic rings. The van der Waals surface area contributed by atoms with Gasteiger partial charge in [-0.25, -0.2) is 0 Å². The standard InChI is InChI=1S/C15H20O3/c1-4-18-15(17)10-13(16)9-14-11(2)7-5-6-8-12(14)3/h5-7H,4,8-10H2,1-3H3. The van der Waals surface area contributed by atoms with Crippen molar-refractivity contribution in [1.82, 2.24) is 0 Å². The van der Waals surface area contributed by atoms with Gasteiger partial charge in [-0.15, -0.1) is 0 Å². The van der Waals surface area contributed by atoms with Crippen LogP contribution in [0.5, 0.6) is 0 Å². The Morgan fingerprint density at radius 2 is 2.06 bits per heavy atom. The first-order valence-corrected chi connectivity index (χ1v) is 6.24. The van der Waals surface area contributed by atoms with E-state index in [1.54, 1.807) is 6.92 Å². The molecule has 0 saturated heterocycles. The van der Waals surface area contributed by atoms with E-state index in [1.807, 2.05) is 26.0 Å². The number of carbonyl (C=O) groups is 2. The molecule has 0 atom stereocenters. The number of hydrogen-bond donors (Lipinski definition) is 0. The van der Waals surface area contributed by atoms with Crippen molar-refractivity contribution in [3.8, 4) is 0 Å². The van der Waals surface area contributed by atoms with E-state index >= 15 is 0 Å². The Bertz CT molecular complexity index is 425. The molecular weight excluding hydrogens is 228 g/mol. The van der Waals surface area contributed by atoms with E-state index in [0.717, 1.165) is 17.6 Å². The van der Waals surface area contributed by atoms with Crippen LogP contribution in [-0.4, -0.2) is 18.4 Å². The highest BCUT2D eigenvalue weighted by atomic mass is 16.5. The number of esters is 1. The minimum absolute atomic E-state index is 0.0857. The minimum Gasteiger partial charge on any atom is -0.466 e. The van der Waals surface area contributed by atoms with Crippen LogP contribution < -0.4 is 0 Å². The molecule has 0 saturated carbocycles. The molecule has 98 valence electrons. The summed E-state index contributed by atoms with van der Waals surface area (Å²) in [6, 6.07) is 0. The van der Waals surface area contributed by atoms with E-state index < -0.39 is 5.97 Å². The van der Waals surface area contributed by atoms with E-state index in [-0.39, 0.29) is 12.2 Å². The zero-order chi connectivity index (χ0) is 13.5. The quantitative estimate of drug-likeness (QED) is 0.554. The molecule has 0 radical (unpaired) electrons. The number of ketones is 1. The van der Waals surface area contributed by atoms with Crippen LogP contribution in [0, 0.1) is 0 Å². The summed E-state index contributed by atoms with van der Waals surface area (Å²) in [6.45, 7) is 6.07. The first-order valence-electron chi connectivity index (χ1n) is 6.24. The van der Waals surface area contributed by atoms with E-state index in [2.05, 4.69) is 6.08 Å². The van der Waals surface area contributed by atoms with Gasteiger partial charge in [0.1, 0.15) is 12.2 Å². The normalized spacial score (nSPS) is 15.2. The summed E-state index contributed by atoms with van der Waals surface area (Å²) in [5.41, 5.74) is 3.34. The lowest BCUT2D eigenvalue weighted by molar-refractivity contribution is -0.145. The molecule has 0 N–H and O–H groups in total. The molecule has 18 heavy (non-hydrogen) atoms. The Kier molecular flexibility index (Phi) is 5.56. The van der Waals surface area contributed by atoms with Crippen LogP contribution in [0.25, 0.3) is 0 Å². The molecule has 3 heteroatoms. The van der Waals surface area contributed by atoms with Gasteiger partial charge in [-0.1, -0.05) is 23.8 Å². The number of allylic oxidation sites excluding steroid dienone is 6. The van der Waals surface area contributed by atoms with Crippen LogP contribution >= 0.6 is 0 Å². The van der Waals surface area contributed by atoms with Gasteiger partial charge in [0.25, 0.3) is 0 Å². The average Bonchev–Trinajstić information content (AvgIpc) is 2.44. The number of ether oxygens (including phenoxy) is 1. The summed E-state index contributed by atoms with van der Waals surface area (Å²) in [4.78, 5) is 23.1. The van der Waals surface area contributed by atoms with Gasteiger partial charge in [0, 0.05) is 6.42 Å². The van der Waals surface area contributed by atoms with Crippen LogP contribution in [0.2, 0.25) is 0 Å². The third-order valence-corrected chi connectivity index (χ3v) is 2.92. The first kappa shape index (κ1) is 14.4. The summed E-state index contributed by atoms with van der Waals surface area (Å²) in [5, 5.41) is 0. The second kappa shape index (κ2) is 6.94. The van der Waals surface area contributed by atoms with E-state index in [4.69, 9.17) is 4.74 Å². The van der Waals surface area contributed by atoms with Crippen molar-refractivity contribution in [2.75, 3.05) is 6.61 Å². The van der Waals surface area contributed by atoms with Crippen LogP contribution in [0.4, 0.5) is 0 Å². The molecule has 0 fully saturated rings. The average molecular weight is 248 g/mol. The molecule has 0 aliphatic heterocycles. The summed E-state index contributed by atoms with van der Waals surface area (Å²) < 4.78 is 4.78. The van der Waals surface area contributed by atoms with Crippen LogP contribution in [0.1, 0.15) is 40.0 Å². The van der Waals surface area contributed by atoms with Gasteiger partial charge in [-0.2, -0.15) is 0 Å². The summed E-state index contributed by atoms with van der Waals surface area (Å²) >= 11 is 0. The maximum absolute atomic E-state index is 11.8. The predicted octanol–water partition coefficient (Wildman–Crippen LogP) is 3.12. The molecule has 0 bridgehead atoms. The van der Waals surface area contributed by atoms with Crippen molar-refractivity contribution in [3.05, 3.63) is 34.9 Å². The summed E-state index contributed by atoms with van der Waals surface area (Å²) in [5.74, 6) is -0.522. The van der Waals surface area contributed by atoms with E-state index in [1.165, 1.54) is 5.57 Å². The van der Waals surface area contributed by atoms with Crippen molar-refractivity contribution in [1.29, 1.82) is 0 Å². The number of Topliss-reactive ketones (excluding diaryl/α,β-unsaturated/α-hetero) is 1. The topological polar surface area (TPSA) is 43.4 Å². The second-order valence-electron chi connectivity index (χ2n) is 4.44. The Morgan fingerprint density at radius 3 is 2.72 bits per heavy atom. The smallest absolute Gasteiger partial charge is 0.313 e. The Balaban J connectivity index is 2.66. The molecular formula is C15H20O3. The zero-order valence-corrected chi connectivity index (χ0v) is 11.3. The fourth-order valence-corrected chi connectivity index (χ4v) is 1.94.